The number of urea groups is 1. The number of fused-ring (bicyclic) bond motifs is 1. The molecule has 1 aromatic carbocycles. The van der Waals surface area contributed by atoms with Crippen LogP contribution in [0.2, 0.25) is 5.02 Å². The highest BCUT2D eigenvalue weighted by Crippen LogP contribution is 2.36. The first-order chi connectivity index (χ1) is 14.6. The second-order valence-electron chi connectivity index (χ2n) is 8.50. The van der Waals surface area contributed by atoms with Gasteiger partial charge in [-0.1, -0.05) is 11.6 Å². The Hall–Kier alpha value is -2.00. The fourth-order valence-corrected chi connectivity index (χ4v) is 4.61. The van der Waals surface area contributed by atoms with Crippen LogP contribution in [0.3, 0.4) is 0 Å². The molecule has 3 aliphatic heterocycles. The number of alkyl halides is 3. The van der Waals surface area contributed by atoms with Crippen molar-refractivity contribution in [2.24, 2.45) is 11.8 Å². The summed E-state index contributed by atoms with van der Waals surface area (Å²) in [5.74, 6) is 0.378. The maximum Gasteiger partial charge on any atom is 0.416 e. The summed E-state index contributed by atoms with van der Waals surface area (Å²) in [6.45, 7) is 4.10. The van der Waals surface area contributed by atoms with Gasteiger partial charge in [-0.2, -0.15) is 13.2 Å². The molecule has 3 fully saturated rings. The number of carbonyl (C=O) groups excluding carboxylic acids is 2. The molecule has 0 aliphatic carbocycles. The van der Waals surface area contributed by atoms with E-state index in [1.54, 1.807) is 9.80 Å². The summed E-state index contributed by atoms with van der Waals surface area (Å²) in [7, 11) is 0. The minimum atomic E-state index is -4.46. The first-order valence-electron chi connectivity index (χ1n) is 10.3. The summed E-state index contributed by atoms with van der Waals surface area (Å²) in [6, 6.07) is 2.95. The van der Waals surface area contributed by atoms with Gasteiger partial charge in [-0.15, -0.1) is 0 Å². The SMILES string of the molecule is CC(Oc1ccc(C(F)(F)F)cc1Cl)C1CN(C(=O)N2CC[C@@H]3OCC(=O)C[C@@H]3C2)C1. The zero-order chi connectivity index (χ0) is 22.3. The molecule has 1 unspecified atom stereocenters. The van der Waals surface area contributed by atoms with Gasteiger partial charge in [0.1, 0.15) is 18.5 Å². The largest absolute Gasteiger partial charge is 0.489 e. The number of halogens is 4. The average Bonchev–Trinajstić information content (AvgIpc) is 2.66. The van der Waals surface area contributed by atoms with E-state index in [1.807, 2.05) is 6.92 Å². The quantitative estimate of drug-likeness (QED) is 0.687. The number of nitrogens with zero attached hydrogens (tertiary/aromatic N) is 2. The van der Waals surface area contributed by atoms with Crippen molar-refractivity contribution >= 4 is 23.4 Å². The minimum Gasteiger partial charge on any atom is -0.489 e. The van der Waals surface area contributed by atoms with E-state index >= 15 is 0 Å². The summed E-state index contributed by atoms with van der Waals surface area (Å²) < 4.78 is 49.7. The number of amides is 2. The number of ketones is 1. The monoisotopic (exact) mass is 460 g/mol. The third-order valence-corrected chi connectivity index (χ3v) is 6.59. The molecule has 4 rings (SSSR count). The van der Waals surface area contributed by atoms with Crippen LogP contribution in [0.4, 0.5) is 18.0 Å². The Bertz CT molecular complexity index is 860. The predicted molar refractivity (Wildman–Crippen MR) is 106 cm³/mol. The number of hydrogen-bond donors (Lipinski definition) is 0. The van der Waals surface area contributed by atoms with Crippen LogP contribution in [-0.4, -0.2) is 66.6 Å². The molecule has 1 aromatic rings. The van der Waals surface area contributed by atoms with Crippen LogP contribution in [0, 0.1) is 11.8 Å². The Labute approximate surface area is 183 Å². The average molecular weight is 461 g/mol. The van der Waals surface area contributed by atoms with Gasteiger partial charge in [0.05, 0.1) is 16.7 Å². The molecule has 0 N–H and O–H groups in total. The number of rotatable bonds is 3. The summed E-state index contributed by atoms with van der Waals surface area (Å²) in [4.78, 5) is 27.9. The molecule has 6 nitrogen and oxygen atoms in total. The van der Waals surface area contributed by atoms with E-state index < -0.39 is 11.7 Å². The molecular weight excluding hydrogens is 437 g/mol. The van der Waals surface area contributed by atoms with Gasteiger partial charge < -0.3 is 19.3 Å². The molecule has 0 spiro atoms. The predicted octanol–water partition coefficient (Wildman–Crippen LogP) is 3.86. The van der Waals surface area contributed by atoms with E-state index in [0.717, 1.165) is 18.6 Å². The summed E-state index contributed by atoms with van der Waals surface area (Å²) in [5, 5.41) is -0.0963. The number of benzene rings is 1. The summed E-state index contributed by atoms with van der Waals surface area (Å²) >= 11 is 5.96. The zero-order valence-corrected chi connectivity index (χ0v) is 17.8. The Morgan fingerprint density at radius 1 is 1.26 bits per heavy atom. The van der Waals surface area contributed by atoms with E-state index in [2.05, 4.69) is 0 Å². The Kier molecular flexibility index (Phi) is 6.09. The number of carbonyl (C=O) groups is 2. The van der Waals surface area contributed by atoms with Crippen LogP contribution in [0.15, 0.2) is 18.2 Å². The first-order valence-corrected chi connectivity index (χ1v) is 10.7. The van der Waals surface area contributed by atoms with Crippen molar-refractivity contribution < 1.29 is 32.2 Å². The lowest BCUT2D eigenvalue weighted by molar-refractivity contribution is -0.140. The van der Waals surface area contributed by atoms with Crippen LogP contribution in [-0.2, 0) is 15.7 Å². The normalized spacial score (nSPS) is 25.6. The number of piperidine rings is 1. The fraction of sp³-hybridized carbons (Fsp3) is 0.619. The van der Waals surface area contributed by atoms with Gasteiger partial charge in [-0.3, -0.25) is 4.79 Å². The van der Waals surface area contributed by atoms with Gasteiger partial charge in [0, 0.05) is 44.4 Å². The van der Waals surface area contributed by atoms with Gasteiger partial charge in [0.25, 0.3) is 0 Å². The van der Waals surface area contributed by atoms with Gasteiger partial charge in [-0.05, 0) is 31.5 Å². The lowest BCUT2D eigenvalue weighted by Crippen LogP contribution is -2.60. The molecule has 10 heteroatoms. The maximum atomic E-state index is 12.8. The van der Waals surface area contributed by atoms with E-state index in [4.69, 9.17) is 21.1 Å². The number of Topliss-reactive ketones (excluding diaryl/α,β-unsaturated/α-hetero) is 1. The molecule has 2 amide bonds. The van der Waals surface area contributed by atoms with Crippen molar-refractivity contribution in [3.8, 4) is 5.75 Å². The van der Waals surface area contributed by atoms with Crippen LogP contribution in [0.1, 0.15) is 25.3 Å². The molecule has 3 atom stereocenters. The van der Waals surface area contributed by atoms with Gasteiger partial charge in [0.15, 0.2) is 5.78 Å². The summed E-state index contributed by atoms with van der Waals surface area (Å²) in [5.41, 5.74) is -0.827. The zero-order valence-electron chi connectivity index (χ0n) is 17.0. The van der Waals surface area contributed by atoms with Gasteiger partial charge in [0.2, 0.25) is 0 Å². The van der Waals surface area contributed by atoms with Crippen molar-refractivity contribution in [2.75, 3.05) is 32.8 Å². The standard InChI is InChI=1S/C21H24ClF3N2O4/c1-12(31-19-3-2-15(7-17(19)22)21(23,24)25)14-9-27(10-14)20(29)26-5-4-18-13(8-26)6-16(28)11-30-18/h2-3,7,12-14,18H,4-6,8-11H2,1H3/t12?,13-,18+/m1/s1. The molecule has 0 saturated carbocycles. The van der Waals surface area contributed by atoms with Gasteiger partial charge in [-0.25, -0.2) is 4.79 Å². The van der Waals surface area contributed by atoms with Crippen LogP contribution >= 0.6 is 11.6 Å². The smallest absolute Gasteiger partial charge is 0.416 e. The molecule has 170 valence electrons. The number of likely N-dealkylation sites (tertiary alicyclic amines) is 2. The molecule has 3 aliphatic rings. The van der Waals surface area contributed by atoms with Crippen molar-refractivity contribution in [1.29, 1.82) is 0 Å². The highest BCUT2D eigenvalue weighted by Gasteiger charge is 2.41. The van der Waals surface area contributed by atoms with Crippen molar-refractivity contribution in [3.05, 3.63) is 28.8 Å². The number of hydrogen-bond acceptors (Lipinski definition) is 4. The van der Waals surface area contributed by atoms with Crippen molar-refractivity contribution in [2.45, 2.75) is 38.1 Å². The molecule has 31 heavy (non-hydrogen) atoms. The van der Waals surface area contributed by atoms with Crippen LogP contribution in [0.5, 0.6) is 5.75 Å². The van der Waals surface area contributed by atoms with Crippen molar-refractivity contribution in [1.82, 2.24) is 9.80 Å². The van der Waals surface area contributed by atoms with Crippen molar-refractivity contribution in [3.63, 3.8) is 0 Å². The fourth-order valence-electron chi connectivity index (χ4n) is 4.39. The van der Waals surface area contributed by atoms with Crippen LogP contribution in [0.25, 0.3) is 0 Å². The Morgan fingerprint density at radius 2 is 2.00 bits per heavy atom. The Balaban J connectivity index is 1.28. The van der Waals surface area contributed by atoms with Crippen LogP contribution < -0.4 is 4.74 Å². The van der Waals surface area contributed by atoms with E-state index in [0.29, 0.717) is 32.6 Å². The van der Waals surface area contributed by atoms with Gasteiger partial charge >= 0.3 is 12.2 Å². The minimum absolute atomic E-state index is 0.0489. The molecule has 0 radical (unpaired) electrons. The van der Waals surface area contributed by atoms with E-state index in [9.17, 15) is 22.8 Å². The lowest BCUT2D eigenvalue weighted by atomic mass is 9.88. The third-order valence-electron chi connectivity index (χ3n) is 6.30. The molecular formula is C21H24ClF3N2O4. The molecule has 0 aromatic heterocycles. The third kappa shape index (κ3) is 4.77. The molecule has 3 heterocycles. The molecule has 3 saturated heterocycles. The first kappa shape index (κ1) is 22.2. The maximum absolute atomic E-state index is 12.8. The van der Waals surface area contributed by atoms with E-state index in [-0.39, 0.29) is 53.2 Å². The highest BCUT2D eigenvalue weighted by atomic mass is 35.5. The number of ether oxygens (including phenoxy) is 2. The summed E-state index contributed by atoms with van der Waals surface area (Å²) in [6.07, 6.45) is -3.54. The second kappa shape index (κ2) is 8.50. The Morgan fingerprint density at radius 3 is 2.68 bits per heavy atom. The lowest BCUT2D eigenvalue weighted by Gasteiger charge is -2.47. The van der Waals surface area contributed by atoms with E-state index in [1.165, 1.54) is 6.07 Å². The topological polar surface area (TPSA) is 59.1 Å². The second-order valence-corrected chi connectivity index (χ2v) is 8.91. The highest BCUT2D eigenvalue weighted by molar-refractivity contribution is 6.32. The molecule has 0 bridgehead atoms.